The number of carbonyl (C=O) groups is 1. The van der Waals surface area contributed by atoms with E-state index in [0.717, 1.165) is 30.6 Å². The monoisotopic (exact) mass is 436 g/mol. The molecule has 0 atom stereocenters. The molecule has 1 aromatic heterocycles. The van der Waals surface area contributed by atoms with E-state index in [1.54, 1.807) is 0 Å². The van der Waals surface area contributed by atoms with Gasteiger partial charge in [-0.05, 0) is 29.8 Å². The molecule has 0 aliphatic carbocycles. The molecule has 150 valence electrons. The fraction of sp³-hybridized carbons (Fsp3) is 0.0556. The molecule has 0 fully saturated rings. The van der Waals surface area contributed by atoms with Gasteiger partial charge in [-0.25, -0.2) is 17.6 Å². The zero-order valence-corrected chi connectivity index (χ0v) is 16.4. The molecule has 0 amide bonds. The predicted octanol–water partition coefficient (Wildman–Crippen LogP) is 4.05. The number of halogens is 1. The highest BCUT2D eigenvalue weighted by Crippen LogP contribution is 2.37. The van der Waals surface area contributed by atoms with Crippen molar-refractivity contribution in [1.29, 1.82) is 0 Å². The quantitative estimate of drug-likeness (QED) is 0.354. The number of hydrogen-bond acceptors (Lipinski definition) is 7. The van der Waals surface area contributed by atoms with Gasteiger partial charge in [0.1, 0.15) is 10.7 Å². The zero-order valence-electron chi connectivity index (χ0n) is 14.8. The maximum Gasteiger partial charge on any atom is 0.350 e. The first-order valence-corrected chi connectivity index (χ1v) is 10.3. The average Bonchev–Trinajstić information content (AvgIpc) is 3.11. The summed E-state index contributed by atoms with van der Waals surface area (Å²) in [6.45, 7) is 0. The van der Waals surface area contributed by atoms with Gasteiger partial charge in [-0.1, -0.05) is 24.3 Å². The topological polar surface area (TPSA) is 116 Å². The molecule has 0 unspecified atom stereocenters. The van der Waals surface area contributed by atoms with Gasteiger partial charge >= 0.3 is 5.97 Å². The molecule has 8 nitrogen and oxygen atoms in total. The van der Waals surface area contributed by atoms with Gasteiger partial charge in [0.15, 0.2) is 4.90 Å². The number of rotatable bonds is 6. The van der Waals surface area contributed by atoms with Crippen LogP contribution in [0.2, 0.25) is 0 Å². The van der Waals surface area contributed by atoms with Crippen LogP contribution in [0.1, 0.15) is 9.67 Å². The number of esters is 1. The van der Waals surface area contributed by atoms with Gasteiger partial charge in [0.25, 0.3) is 15.7 Å². The molecule has 2 aromatic carbocycles. The Morgan fingerprint density at radius 2 is 1.83 bits per heavy atom. The number of nitro benzene ring substituents is 1. The molecule has 11 heteroatoms. The smallest absolute Gasteiger partial charge is 0.350 e. The van der Waals surface area contributed by atoms with Crippen molar-refractivity contribution in [3.05, 3.63) is 75.4 Å². The number of carbonyl (C=O) groups excluding carboxylic acids is 1. The van der Waals surface area contributed by atoms with Gasteiger partial charge in [-0.2, -0.15) is 0 Å². The van der Waals surface area contributed by atoms with E-state index >= 15 is 0 Å². The fourth-order valence-corrected chi connectivity index (χ4v) is 4.84. The lowest BCUT2D eigenvalue weighted by atomic mass is 10.2. The molecule has 0 saturated carbocycles. The number of benzene rings is 2. The highest BCUT2D eigenvalue weighted by atomic mass is 32.2. The molecule has 1 heterocycles. The summed E-state index contributed by atoms with van der Waals surface area (Å²) in [7, 11) is -3.24. The summed E-state index contributed by atoms with van der Waals surface area (Å²) < 4.78 is 45.6. The largest absolute Gasteiger partial charge is 0.465 e. The van der Waals surface area contributed by atoms with Crippen LogP contribution < -0.4 is 4.72 Å². The molecule has 0 bridgehead atoms. The third-order valence-corrected chi connectivity index (χ3v) is 6.40. The van der Waals surface area contributed by atoms with Gasteiger partial charge in [0.2, 0.25) is 0 Å². The first kappa shape index (κ1) is 20.4. The van der Waals surface area contributed by atoms with Crippen molar-refractivity contribution >= 4 is 38.7 Å². The van der Waals surface area contributed by atoms with Crippen molar-refractivity contribution in [2.24, 2.45) is 0 Å². The molecule has 29 heavy (non-hydrogen) atoms. The van der Waals surface area contributed by atoms with Crippen LogP contribution in [0.4, 0.5) is 15.8 Å². The van der Waals surface area contributed by atoms with E-state index in [9.17, 15) is 27.7 Å². The van der Waals surface area contributed by atoms with E-state index < -0.39 is 37.3 Å². The molecule has 0 spiro atoms. The Hall–Kier alpha value is -3.31. The summed E-state index contributed by atoms with van der Waals surface area (Å²) in [6.07, 6.45) is 0. The second-order valence-electron chi connectivity index (χ2n) is 5.68. The Kier molecular flexibility index (Phi) is 5.62. The van der Waals surface area contributed by atoms with Crippen molar-refractivity contribution in [2.45, 2.75) is 4.90 Å². The molecule has 3 aromatic rings. The molecule has 1 N–H and O–H groups in total. The molecular formula is C18H13FN2O6S2. The summed E-state index contributed by atoms with van der Waals surface area (Å²) in [4.78, 5) is 22.4. The maximum atomic E-state index is 13.2. The average molecular weight is 436 g/mol. The summed E-state index contributed by atoms with van der Waals surface area (Å²) in [5, 5.41) is 11.2. The van der Waals surface area contributed by atoms with E-state index in [-0.39, 0.29) is 10.6 Å². The Bertz CT molecular complexity index is 1190. The summed E-state index contributed by atoms with van der Waals surface area (Å²) in [5.41, 5.74) is -0.148. The van der Waals surface area contributed by atoms with Crippen LogP contribution in [0.25, 0.3) is 10.4 Å². The molecule has 0 aliphatic heterocycles. The van der Waals surface area contributed by atoms with Crippen molar-refractivity contribution in [1.82, 2.24) is 0 Å². The number of nitro groups is 1. The second-order valence-corrected chi connectivity index (χ2v) is 8.39. The third-order valence-electron chi connectivity index (χ3n) is 3.83. The Balaban J connectivity index is 2.07. The number of para-hydroxylation sites is 1. The number of anilines is 1. The maximum absolute atomic E-state index is 13.2. The lowest BCUT2D eigenvalue weighted by Gasteiger charge is -2.08. The van der Waals surface area contributed by atoms with Gasteiger partial charge in [0, 0.05) is 10.9 Å². The summed E-state index contributed by atoms with van der Waals surface area (Å²) in [6, 6.07) is 11.6. The summed E-state index contributed by atoms with van der Waals surface area (Å²) in [5.74, 6) is -1.24. The van der Waals surface area contributed by atoms with Crippen molar-refractivity contribution in [2.75, 3.05) is 11.8 Å². The van der Waals surface area contributed by atoms with Crippen LogP contribution in [0.5, 0.6) is 0 Å². The van der Waals surface area contributed by atoms with Crippen LogP contribution in [0.3, 0.4) is 0 Å². The van der Waals surface area contributed by atoms with E-state index in [1.807, 2.05) is 0 Å². The molecule has 0 saturated heterocycles. The summed E-state index contributed by atoms with van der Waals surface area (Å²) >= 11 is 0.940. The SMILES string of the molecule is COC(=O)c1sc(-c2ccc(F)cc2)cc1NS(=O)(=O)c1ccccc1[N+](=O)[O-]. The Labute approximate surface area is 168 Å². The number of ether oxygens (including phenoxy) is 1. The minimum absolute atomic E-state index is 0.0472. The first-order chi connectivity index (χ1) is 13.7. The van der Waals surface area contributed by atoms with Gasteiger partial charge in [0.05, 0.1) is 17.7 Å². The Morgan fingerprint density at radius 3 is 2.45 bits per heavy atom. The third kappa shape index (κ3) is 4.25. The number of thiophene rings is 1. The van der Waals surface area contributed by atoms with E-state index in [1.165, 1.54) is 42.5 Å². The second kappa shape index (κ2) is 7.97. The van der Waals surface area contributed by atoms with E-state index in [0.29, 0.717) is 10.4 Å². The van der Waals surface area contributed by atoms with E-state index in [2.05, 4.69) is 4.72 Å². The standard InChI is InChI=1S/C18H13FN2O6S2/c1-27-18(22)17-13(10-15(28-17)11-6-8-12(19)9-7-11)20-29(25,26)16-5-3-2-4-14(16)21(23)24/h2-10,20H,1H3. The van der Waals surface area contributed by atoms with Crippen molar-refractivity contribution < 1.29 is 27.3 Å². The number of sulfonamides is 1. The van der Waals surface area contributed by atoms with E-state index in [4.69, 9.17) is 4.74 Å². The highest BCUT2D eigenvalue weighted by molar-refractivity contribution is 7.92. The zero-order chi connectivity index (χ0) is 21.2. The molecule has 0 aliphatic rings. The number of nitrogens with one attached hydrogen (secondary N) is 1. The molecule has 3 rings (SSSR count). The fourth-order valence-electron chi connectivity index (χ4n) is 2.50. The highest BCUT2D eigenvalue weighted by Gasteiger charge is 2.28. The normalized spacial score (nSPS) is 11.1. The van der Waals surface area contributed by atoms with Gasteiger partial charge in [-0.3, -0.25) is 14.8 Å². The lowest BCUT2D eigenvalue weighted by molar-refractivity contribution is -0.387. The number of methoxy groups -OCH3 is 1. The van der Waals surface area contributed by atoms with Crippen LogP contribution in [0.15, 0.2) is 59.5 Å². The van der Waals surface area contributed by atoms with Crippen LogP contribution in [-0.2, 0) is 14.8 Å². The molecule has 0 radical (unpaired) electrons. The number of hydrogen-bond donors (Lipinski definition) is 1. The van der Waals surface area contributed by atoms with Gasteiger partial charge < -0.3 is 4.74 Å². The van der Waals surface area contributed by atoms with Gasteiger partial charge in [-0.15, -0.1) is 11.3 Å². The van der Waals surface area contributed by atoms with Crippen LogP contribution in [-0.4, -0.2) is 26.4 Å². The van der Waals surface area contributed by atoms with Crippen LogP contribution >= 0.6 is 11.3 Å². The minimum atomic E-state index is -4.38. The lowest BCUT2D eigenvalue weighted by Crippen LogP contribution is -2.16. The van der Waals surface area contributed by atoms with Crippen molar-refractivity contribution in [3.63, 3.8) is 0 Å². The predicted molar refractivity (Wildman–Crippen MR) is 105 cm³/mol. The van der Waals surface area contributed by atoms with Crippen molar-refractivity contribution in [3.8, 4) is 10.4 Å². The minimum Gasteiger partial charge on any atom is -0.465 e. The molecular weight excluding hydrogens is 423 g/mol. The number of nitrogens with zero attached hydrogens (tertiary/aromatic N) is 1. The first-order valence-electron chi connectivity index (χ1n) is 7.97. The van der Waals surface area contributed by atoms with Crippen LogP contribution in [0, 0.1) is 15.9 Å². The Morgan fingerprint density at radius 1 is 1.17 bits per heavy atom.